The van der Waals surface area contributed by atoms with Crippen LogP contribution in [-0.4, -0.2) is 39.5 Å². The number of aryl methyl sites for hydroxylation is 1. The number of hydrogen-bond acceptors (Lipinski definition) is 3. The zero-order valence-electron chi connectivity index (χ0n) is 14.4. The van der Waals surface area contributed by atoms with Gasteiger partial charge < -0.3 is 15.0 Å². The average molecular weight is 337 g/mol. The number of nitrogens with one attached hydrogen (secondary N) is 1. The molecular formula is C20H23N3O2. The first-order valence-electron chi connectivity index (χ1n) is 8.54. The van der Waals surface area contributed by atoms with Gasteiger partial charge in [-0.1, -0.05) is 42.5 Å². The zero-order chi connectivity index (χ0) is 17.6. The molecule has 0 aliphatic rings. The molecule has 1 aromatic heterocycles. The number of aromatic nitrogens is 2. The van der Waals surface area contributed by atoms with E-state index in [9.17, 15) is 9.90 Å². The van der Waals surface area contributed by atoms with Crippen molar-refractivity contribution in [2.45, 2.75) is 25.4 Å². The summed E-state index contributed by atoms with van der Waals surface area (Å²) in [6.45, 7) is 0.636. The van der Waals surface area contributed by atoms with Crippen LogP contribution in [0.25, 0.3) is 11.0 Å². The van der Waals surface area contributed by atoms with Crippen LogP contribution in [0, 0.1) is 0 Å². The molecule has 0 saturated heterocycles. The van der Waals surface area contributed by atoms with Crippen LogP contribution in [0.15, 0.2) is 54.6 Å². The van der Waals surface area contributed by atoms with Crippen molar-refractivity contribution in [3.8, 4) is 0 Å². The third-order valence-corrected chi connectivity index (χ3v) is 4.32. The van der Waals surface area contributed by atoms with E-state index in [1.54, 1.807) is 11.9 Å². The van der Waals surface area contributed by atoms with E-state index < -0.39 is 6.10 Å². The summed E-state index contributed by atoms with van der Waals surface area (Å²) < 4.78 is 0. The molecule has 2 aromatic carbocycles. The fourth-order valence-corrected chi connectivity index (χ4v) is 2.85. The number of fused-ring (bicyclic) bond motifs is 1. The second kappa shape index (κ2) is 7.94. The van der Waals surface area contributed by atoms with Crippen LogP contribution in [0.5, 0.6) is 0 Å². The molecule has 3 rings (SSSR count). The minimum Gasteiger partial charge on any atom is -0.388 e. The van der Waals surface area contributed by atoms with Crippen molar-refractivity contribution in [3.63, 3.8) is 0 Å². The van der Waals surface area contributed by atoms with E-state index in [0.29, 0.717) is 6.54 Å². The van der Waals surface area contributed by atoms with Gasteiger partial charge in [0.25, 0.3) is 0 Å². The van der Waals surface area contributed by atoms with E-state index in [0.717, 1.165) is 35.3 Å². The molecule has 0 aliphatic heterocycles. The van der Waals surface area contributed by atoms with E-state index in [4.69, 9.17) is 0 Å². The molecule has 1 heterocycles. The minimum absolute atomic E-state index is 0.0547. The van der Waals surface area contributed by atoms with Gasteiger partial charge in [-0.25, -0.2) is 4.98 Å². The van der Waals surface area contributed by atoms with Gasteiger partial charge in [0.05, 0.1) is 23.6 Å². The molecule has 3 aromatic rings. The number of nitrogens with zero attached hydrogens (tertiary/aromatic N) is 2. The highest BCUT2D eigenvalue weighted by atomic mass is 16.3. The molecule has 1 unspecified atom stereocenters. The molecule has 0 fully saturated rings. The summed E-state index contributed by atoms with van der Waals surface area (Å²) in [7, 11) is 1.78. The summed E-state index contributed by atoms with van der Waals surface area (Å²) in [4.78, 5) is 21.8. The molecule has 1 amide bonds. The van der Waals surface area contributed by atoms with Crippen LogP contribution in [0.3, 0.4) is 0 Å². The summed E-state index contributed by atoms with van der Waals surface area (Å²) in [5.41, 5.74) is 2.77. The van der Waals surface area contributed by atoms with E-state index in [1.165, 1.54) is 0 Å². The van der Waals surface area contributed by atoms with Crippen molar-refractivity contribution in [2.75, 3.05) is 13.6 Å². The van der Waals surface area contributed by atoms with E-state index in [-0.39, 0.29) is 12.3 Å². The Kier molecular flexibility index (Phi) is 5.46. The van der Waals surface area contributed by atoms with Gasteiger partial charge in [-0.05, 0) is 24.1 Å². The van der Waals surface area contributed by atoms with Gasteiger partial charge in [-0.15, -0.1) is 0 Å². The molecular weight excluding hydrogens is 314 g/mol. The molecule has 0 radical (unpaired) electrons. The number of H-pyrrole nitrogens is 1. The Labute approximate surface area is 147 Å². The smallest absolute Gasteiger partial charge is 0.225 e. The molecule has 0 saturated carbocycles. The van der Waals surface area contributed by atoms with Crippen molar-refractivity contribution >= 4 is 16.9 Å². The maximum atomic E-state index is 12.3. The summed E-state index contributed by atoms with van der Waals surface area (Å²) in [5, 5.41) is 10.2. The van der Waals surface area contributed by atoms with Crippen LogP contribution < -0.4 is 0 Å². The fourth-order valence-electron chi connectivity index (χ4n) is 2.85. The van der Waals surface area contributed by atoms with Gasteiger partial charge in [0.2, 0.25) is 5.91 Å². The van der Waals surface area contributed by atoms with Gasteiger partial charge in [-0.3, -0.25) is 4.79 Å². The third kappa shape index (κ3) is 4.45. The number of aliphatic hydroxyl groups excluding tert-OH is 1. The number of para-hydroxylation sites is 2. The maximum absolute atomic E-state index is 12.3. The number of aliphatic hydroxyl groups is 1. The Balaban J connectivity index is 1.46. The van der Waals surface area contributed by atoms with Crippen LogP contribution in [0.1, 0.15) is 30.3 Å². The first kappa shape index (κ1) is 17.2. The largest absolute Gasteiger partial charge is 0.388 e. The first-order chi connectivity index (χ1) is 12.1. The van der Waals surface area contributed by atoms with Gasteiger partial charge in [0, 0.05) is 20.0 Å². The van der Waals surface area contributed by atoms with Crippen molar-refractivity contribution < 1.29 is 9.90 Å². The van der Waals surface area contributed by atoms with Gasteiger partial charge in [-0.2, -0.15) is 0 Å². The quantitative estimate of drug-likeness (QED) is 0.696. The second-order valence-electron chi connectivity index (χ2n) is 6.25. The second-order valence-corrected chi connectivity index (χ2v) is 6.25. The van der Waals surface area contributed by atoms with Crippen molar-refractivity contribution in [2.24, 2.45) is 0 Å². The topological polar surface area (TPSA) is 69.2 Å². The first-order valence-corrected chi connectivity index (χ1v) is 8.54. The third-order valence-electron chi connectivity index (χ3n) is 4.32. The summed E-state index contributed by atoms with van der Waals surface area (Å²) in [5.74, 6) is 0.882. The lowest BCUT2D eigenvalue weighted by atomic mass is 10.1. The molecule has 0 bridgehead atoms. The van der Waals surface area contributed by atoms with Crippen LogP contribution in [0.2, 0.25) is 0 Å². The van der Waals surface area contributed by atoms with Crippen molar-refractivity contribution in [1.29, 1.82) is 0 Å². The van der Waals surface area contributed by atoms with Gasteiger partial charge >= 0.3 is 0 Å². The fraction of sp³-hybridized carbons (Fsp3) is 0.300. The number of imidazole rings is 1. The molecule has 5 nitrogen and oxygen atoms in total. The molecule has 130 valence electrons. The Morgan fingerprint density at radius 2 is 1.88 bits per heavy atom. The molecule has 1 atom stereocenters. The van der Waals surface area contributed by atoms with Gasteiger partial charge in [0.15, 0.2) is 0 Å². The number of carbonyl (C=O) groups is 1. The Morgan fingerprint density at radius 3 is 2.64 bits per heavy atom. The normalized spacial score (nSPS) is 12.2. The maximum Gasteiger partial charge on any atom is 0.225 e. The number of aromatic amines is 1. The highest BCUT2D eigenvalue weighted by Gasteiger charge is 2.16. The summed E-state index contributed by atoms with van der Waals surface area (Å²) in [6.07, 6.45) is 0.953. The number of hydrogen-bond donors (Lipinski definition) is 2. The Hall–Kier alpha value is -2.66. The lowest BCUT2D eigenvalue weighted by Gasteiger charge is -2.19. The lowest BCUT2D eigenvalue weighted by molar-refractivity contribution is -0.132. The standard InChI is InChI=1S/C20H23N3O2/c1-23(20(25)14-18(24)15-8-3-2-4-9-15)13-7-12-19-21-16-10-5-6-11-17(16)22-19/h2-6,8-11,18,24H,7,12-14H2,1H3,(H,21,22). The summed E-state index contributed by atoms with van der Waals surface area (Å²) in [6, 6.07) is 17.2. The number of rotatable bonds is 7. The van der Waals surface area contributed by atoms with Crippen molar-refractivity contribution in [3.05, 3.63) is 66.0 Å². The molecule has 2 N–H and O–H groups in total. The van der Waals surface area contributed by atoms with E-state index in [1.807, 2.05) is 54.6 Å². The Bertz CT molecular complexity index is 796. The monoisotopic (exact) mass is 337 g/mol. The molecule has 25 heavy (non-hydrogen) atoms. The molecule has 5 heteroatoms. The minimum atomic E-state index is -0.758. The number of amides is 1. The lowest BCUT2D eigenvalue weighted by Crippen LogP contribution is -2.29. The van der Waals surface area contributed by atoms with Crippen LogP contribution in [0.4, 0.5) is 0 Å². The van der Waals surface area contributed by atoms with E-state index >= 15 is 0 Å². The van der Waals surface area contributed by atoms with Gasteiger partial charge in [0.1, 0.15) is 5.82 Å². The number of carbonyl (C=O) groups excluding carboxylic acids is 1. The predicted molar refractivity (Wildman–Crippen MR) is 98.1 cm³/mol. The van der Waals surface area contributed by atoms with E-state index in [2.05, 4.69) is 9.97 Å². The van der Waals surface area contributed by atoms with Crippen molar-refractivity contribution in [1.82, 2.24) is 14.9 Å². The highest BCUT2D eigenvalue weighted by Crippen LogP contribution is 2.17. The summed E-state index contributed by atoms with van der Waals surface area (Å²) >= 11 is 0. The zero-order valence-corrected chi connectivity index (χ0v) is 14.4. The highest BCUT2D eigenvalue weighted by molar-refractivity contribution is 5.76. The van der Waals surface area contributed by atoms with Crippen LogP contribution in [-0.2, 0) is 11.2 Å². The predicted octanol–water partition coefficient (Wildman–Crippen LogP) is 3.08. The number of benzene rings is 2. The Morgan fingerprint density at radius 1 is 1.16 bits per heavy atom. The SMILES string of the molecule is CN(CCCc1nc2ccccc2[nH]1)C(=O)CC(O)c1ccccc1. The average Bonchev–Trinajstić information content (AvgIpc) is 3.05. The van der Waals surface area contributed by atoms with Crippen LogP contribution >= 0.6 is 0 Å². The molecule has 0 spiro atoms. The molecule has 0 aliphatic carbocycles.